The second-order valence-electron chi connectivity index (χ2n) is 4.24. The predicted octanol–water partition coefficient (Wildman–Crippen LogP) is 2.16. The smallest absolute Gasteiger partial charge is 0.244 e. The van der Waals surface area contributed by atoms with Gasteiger partial charge in [0.15, 0.2) is 0 Å². The van der Waals surface area contributed by atoms with Crippen LogP contribution in [-0.2, 0) is 4.79 Å². The predicted molar refractivity (Wildman–Crippen MR) is 68.1 cm³/mol. The summed E-state index contributed by atoms with van der Waals surface area (Å²) in [4.78, 5) is 18.0. The van der Waals surface area contributed by atoms with Gasteiger partial charge in [-0.15, -0.1) is 0 Å². The minimum Gasteiger partial charge on any atom is -0.359 e. The van der Waals surface area contributed by atoms with Crippen molar-refractivity contribution in [3.63, 3.8) is 0 Å². The van der Waals surface area contributed by atoms with Crippen molar-refractivity contribution in [2.24, 2.45) is 0 Å². The number of carbonyl (C=O) groups excluding carboxylic acids is 1. The molecular formula is C12H16ClN3O. The van der Waals surface area contributed by atoms with Crippen molar-refractivity contribution in [2.75, 3.05) is 18.4 Å². The van der Waals surface area contributed by atoms with Gasteiger partial charge in [0.05, 0.1) is 0 Å². The standard InChI is InChI=1S/C12H16ClN3O/c1-9(12(17)16-7-2-3-8-16)14-11-6-4-5-10(13)15-11/h4-6,9H,2-3,7-8H2,1H3,(H,14,15). The zero-order valence-electron chi connectivity index (χ0n) is 9.82. The molecule has 1 unspecified atom stereocenters. The highest BCUT2D eigenvalue weighted by Gasteiger charge is 2.23. The first-order valence-corrected chi connectivity index (χ1v) is 6.22. The molecule has 1 aliphatic heterocycles. The molecular weight excluding hydrogens is 238 g/mol. The molecule has 1 fully saturated rings. The van der Waals surface area contributed by atoms with Crippen LogP contribution in [0, 0.1) is 0 Å². The van der Waals surface area contributed by atoms with Gasteiger partial charge in [0.1, 0.15) is 17.0 Å². The number of likely N-dealkylation sites (tertiary alicyclic amines) is 1. The molecule has 0 bridgehead atoms. The van der Waals surface area contributed by atoms with E-state index in [1.54, 1.807) is 12.1 Å². The molecule has 1 aromatic heterocycles. The zero-order chi connectivity index (χ0) is 12.3. The van der Waals surface area contributed by atoms with Crippen molar-refractivity contribution >= 4 is 23.3 Å². The Hall–Kier alpha value is -1.29. The van der Waals surface area contributed by atoms with Crippen LogP contribution in [0.4, 0.5) is 5.82 Å². The van der Waals surface area contributed by atoms with E-state index in [1.165, 1.54) is 0 Å². The van der Waals surface area contributed by atoms with Crippen molar-refractivity contribution < 1.29 is 4.79 Å². The summed E-state index contributed by atoms with van der Waals surface area (Å²) >= 11 is 5.79. The van der Waals surface area contributed by atoms with Crippen LogP contribution >= 0.6 is 11.6 Å². The summed E-state index contributed by atoms with van der Waals surface area (Å²) in [5.74, 6) is 0.766. The van der Waals surface area contributed by atoms with Gasteiger partial charge in [0, 0.05) is 13.1 Å². The van der Waals surface area contributed by atoms with Gasteiger partial charge in [-0.25, -0.2) is 4.98 Å². The van der Waals surface area contributed by atoms with Crippen LogP contribution in [0.1, 0.15) is 19.8 Å². The molecule has 1 saturated heterocycles. The van der Waals surface area contributed by atoms with E-state index in [9.17, 15) is 4.79 Å². The van der Waals surface area contributed by atoms with Crippen LogP contribution < -0.4 is 5.32 Å². The van der Waals surface area contributed by atoms with E-state index in [-0.39, 0.29) is 11.9 Å². The molecule has 0 spiro atoms. The van der Waals surface area contributed by atoms with E-state index in [0.717, 1.165) is 25.9 Å². The second-order valence-corrected chi connectivity index (χ2v) is 4.63. The van der Waals surface area contributed by atoms with E-state index in [2.05, 4.69) is 10.3 Å². The van der Waals surface area contributed by atoms with E-state index in [4.69, 9.17) is 11.6 Å². The van der Waals surface area contributed by atoms with Gasteiger partial charge in [-0.3, -0.25) is 4.79 Å². The number of rotatable bonds is 3. The number of nitrogens with zero attached hydrogens (tertiary/aromatic N) is 2. The SMILES string of the molecule is CC(Nc1cccc(Cl)n1)C(=O)N1CCCC1. The Morgan fingerprint density at radius 1 is 1.47 bits per heavy atom. The Morgan fingerprint density at radius 2 is 2.18 bits per heavy atom. The van der Waals surface area contributed by atoms with Gasteiger partial charge < -0.3 is 10.2 Å². The number of hydrogen-bond donors (Lipinski definition) is 1. The molecule has 0 aliphatic carbocycles. The second kappa shape index (κ2) is 5.36. The first-order chi connectivity index (χ1) is 8.16. The third-order valence-electron chi connectivity index (χ3n) is 2.87. The first kappa shape index (κ1) is 12.2. The summed E-state index contributed by atoms with van der Waals surface area (Å²) in [6.45, 7) is 3.59. The number of nitrogens with one attached hydrogen (secondary N) is 1. The summed E-state index contributed by atoms with van der Waals surface area (Å²) in [5, 5.41) is 3.50. The summed E-state index contributed by atoms with van der Waals surface area (Å²) in [6, 6.07) is 5.06. The zero-order valence-corrected chi connectivity index (χ0v) is 10.6. The number of hydrogen-bond acceptors (Lipinski definition) is 3. The van der Waals surface area contributed by atoms with Gasteiger partial charge in [-0.05, 0) is 31.9 Å². The highest BCUT2D eigenvalue weighted by atomic mass is 35.5. The number of amides is 1. The molecule has 0 radical (unpaired) electrons. The van der Waals surface area contributed by atoms with Crippen molar-refractivity contribution in [3.05, 3.63) is 23.4 Å². The molecule has 2 rings (SSSR count). The molecule has 0 saturated carbocycles. The van der Waals surface area contributed by atoms with Gasteiger partial charge in [-0.1, -0.05) is 17.7 Å². The van der Waals surface area contributed by atoms with E-state index >= 15 is 0 Å². The van der Waals surface area contributed by atoms with Crippen molar-refractivity contribution in [1.29, 1.82) is 0 Å². The van der Waals surface area contributed by atoms with Gasteiger partial charge >= 0.3 is 0 Å². The summed E-state index contributed by atoms with van der Waals surface area (Å²) in [6.07, 6.45) is 2.21. The van der Waals surface area contributed by atoms with Crippen LogP contribution in [0.15, 0.2) is 18.2 Å². The van der Waals surface area contributed by atoms with Crippen LogP contribution in [0.5, 0.6) is 0 Å². The number of aromatic nitrogens is 1. The molecule has 1 aromatic rings. The Morgan fingerprint density at radius 3 is 2.82 bits per heavy atom. The Bertz CT molecular complexity index is 404. The fraction of sp³-hybridized carbons (Fsp3) is 0.500. The summed E-state index contributed by atoms with van der Waals surface area (Å²) in [7, 11) is 0. The maximum absolute atomic E-state index is 12.0. The maximum Gasteiger partial charge on any atom is 0.244 e. The molecule has 0 aromatic carbocycles. The fourth-order valence-electron chi connectivity index (χ4n) is 1.98. The lowest BCUT2D eigenvalue weighted by atomic mass is 10.3. The molecule has 2 heterocycles. The van der Waals surface area contributed by atoms with Gasteiger partial charge in [0.2, 0.25) is 5.91 Å². The number of pyridine rings is 1. The van der Waals surface area contributed by atoms with Crippen LogP contribution in [0.25, 0.3) is 0 Å². The molecule has 92 valence electrons. The topological polar surface area (TPSA) is 45.2 Å². The molecule has 4 nitrogen and oxygen atoms in total. The monoisotopic (exact) mass is 253 g/mol. The quantitative estimate of drug-likeness (QED) is 0.840. The van der Waals surface area contributed by atoms with Crippen molar-refractivity contribution in [3.8, 4) is 0 Å². The lowest BCUT2D eigenvalue weighted by Gasteiger charge is -2.21. The molecule has 1 aliphatic rings. The Kier molecular flexibility index (Phi) is 3.84. The lowest BCUT2D eigenvalue weighted by molar-refractivity contribution is -0.130. The van der Waals surface area contributed by atoms with E-state index in [1.807, 2.05) is 17.9 Å². The molecule has 1 atom stereocenters. The summed E-state index contributed by atoms with van der Waals surface area (Å²) in [5.41, 5.74) is 0. The van der Waals surface area contributed by atoms with Crippen LogP contribution in [0.3, 0.4) is 0 Å². The molecule has 1 N–H and O–H groups in total. The number of anilines is 1. The van der Waals surface area contributed by atoms with Gasteiger partial charge in [0.25, 0.3) is 0 Å². The fourth-order valence-corrected chi connectivity index (χ4v) is 2.15. The van der Waals surface area contributed by atoms with E-state index in [0.29, 0.717) is 11.0 Å². The lowest BCUT2D eigenvalue weighted by Crippen LogP contribution is -2.39. The normalized spacial score (nSPS) is 16.9. The largest absolute Gasteiger partial charge is 0.359 e. The average Bonchev–Trinajstić information content (AvgIpc) is 2.81. The molecule has 1 amide bonds. The minimum absolute atomic E-state index is 0.129. The third kappa shape index (κ3) is 3.09. The average molecular weight is 254 g/mol. The minimum atomic E-state index is -0.265. The highest BCUT2D eigenvalue weighted by molar-refractivity contribution is 6.29. The Labute approximate surface area is 106 Å². The Balaban J connectivity index is 1.96. The first-order valence-electron chi connectivity index (χ1n) is 5.85. The van der Waals surface area contributed by atoms with Gasteiger partial charge in [-0.2, -0.15) is 0 Å². The van der Waals surface area contributed by atoms with Crippen molar-refractivity contribution in [1.82, 2.24) is 9.88 Å². The van der Waals surface area contributed by atoms with Crippen molar-refractivity contribution in [2.45, 2.75) is 25.8 Å². The molecule has 5 heteroatoms. The number of halogens is 1. The maximum atomic E-state index is 12.0. The summed E-state index contributed by atoms with van der Waals surface area (Å²) < 4.78 is 0. The van der Waals surface area contributed by atoms with E-state index < -0.39 is 0 Å². The van der Waals surface area contributed by atoms with Crippen LogP contribution in [0.2, 0.25) is 5.15 Å². The molecule has 17 heavy (non-hydrogen) atoms. The number of carbonyl (C=O) groups is 1. The highest BCUT2D eigenvalue weighted by Crippen LogP contribution is 2.13. The third-order valence-corrected chi connectivity index (χ3v) is 3.08. The van der Waals surface area contributed by atoms with Crippen LogP contribution in [-0.4, -0.2) is 34.9 Å².